The van der Waals surface area contributed by atoms with Gasteiger partial charge in [0.1, 0.15) is 0 Å². The fraction of sp³-hybridized carbons (Fsp3) is 0.571. The molecular formula is C14H20O2. The van der Waals surface area contributed by atoms with Crippen LogP contribution in [0.4, 0.5) is 0 Å². The average molecular weight is 220 g/mol. The quantitative estimate of drug-likeness (QED) is 0.721. The molecule has 0 bridgehead atoms. The van der Waals surface area contributed by atoms with Crippen LogP contribution in [0.3, 0.4) is 0 Å². The standard InChI is InChI=1S/C14H20O2/c1-9-5-7-13(8-6-9)14-10(2)11(3)15-12(4)16-14/h5-8,10-12,14H,1-4H3/t10-,11+,12+,14+/m0/s1. The van der Waals surface area contributed by atoms with Crippen LogP contribution in [-0.2, 0) is 9.47 Å². The Morgan fingerprint density at radius 1 is 0.938 bits per heavy atom. The van der Waals surface area contributed by atoms with Crippen LogP contribution in [0, 0.1) is 12.8 Å². The highest BCUT2D eigenvalue weighted by molar-refractivity contribution is 5.24. The predicted molar refractivity (Wildman–Crippen MR) is 64.2 cm³/mol. The van der Waals surface area contributed by atoms with E-state index in [0.717, 1.165) is 0 Å². The highest BCUT2D eigenvalue weighted by Crippen LogP contribution is 2.35. The van der Waals surface area contributed by atoms with Gasteiger partial charge in [-0.25, -0.2) is 0 Å². The van der Waals surface area contributed by atoms with E-state index in [1.54, 1.807) is 0 Å². The molecule has 0 aromatic heterocycles. The Morgan fingerprint density at radius 2 is 1.56 bits per heavy atom. The zero-order chi connectivity index (χ0) is 11.7. The van der Waals surface area contributed by atoms with Crippen LogP contribution in [0.5, 0.6) is 0 Å². The molecule has 1 aliphatic heterocycles. The van der Waals surface area contributed by atoms with Crippen molar-refractivity contribution in [3.05, 3.63) is 35.4 Å². The van der Waals surface area contributed by atoms with E-state index in [2.05, 4.69) is 45.0 Å². The SMILES string of the molecule is Cc1ccc([C@@H]2O[C@H](C)O[C@H](C)[C@@H]2C)cc1. The lowest BCUT2D eigenvalue weighted by atomic mass is 9.91. The maximum atomic E-state index is 5.87. The fourth-order valence-corrected chi connectivity index (χ4v) is 2.17. The summed E-state index contributed by atoms with van der Waals surface area (Å²) in [6.45, 7) is 8.36. The second kappa shape index (κ2) is 4.56. The molecule has 1 saturated heterocycles. The maximum absolute atomic E-state index is 5.87. The van der Waals surface area contributed by atoms with Crippen molar-refractivity contribution < 1.29 is 9.47 Å². The number of ether oxygens (including phenoxy) is 2. The third-order valence-electron chi connectivity index (χ3n) is 3.37. The summed E-state index contributed by atoms with van der Waals surface area (Å²) < 4.78 is 11.5. The van der Waals surface area contributed by atoms with E-state index in [1.165, 1.54) is 11.1 Å². The monoisotopic (exact) mass is 220 g/mol. The molecule has 0 amide bonds. The molecule has 1 aromatic carbocycles. The van der Waals surface area contributed by atoms with Crippen molar-refractivity contribution >= 4 is 0 Å². The largest absolute Gasteiger partial charge is 0.350 e. The van der Waals surface area contributed by atoms with E-state index in [4.69, 9.17) is 9.47 Å². The lowest BCUT2D eigenvalue weighted by Crippen LogP contribution is -2.37. The van der Waals surface area contributed by atoms with Gasteiger partial charge in [-0.15, -0.1) is 0 Å². The van der Waals surface area contributed by atoms with Crippen LogP contribution in [-0.4, -0.2) is 12.4 Å². The van der Waals surface area contributed by atoms with Gasteiger partial charge in [-0.05, 0) is 26.3 Å². The molecule has 1 heterocycles. The van der Waals surface area contributed by atoms with E-state index in [0.29, 0.717) is 5.92 Å². The van der Waals surface area contributed by atoms with E-state index in [1.807, 2.05) is 6.92 Å². The van der Waals surface area contributed by atoms with Crippen LogP contribution < -0.4 is 0 Å². The molecule has 1 aliphatic rings. The first kappa shape index (κ1) is 11.6. The summed E-state index contributed by atoms with van der Waals surface area (Å²) >= 11 is 0. The van der Waals surface area contributed by atoms with E-state index in [9.17, 15) is 0 Å². The molecule has 88 valence electrons. The Bertz CT molecular complexity index is 344. The van der Waals surface area contributed by atoms with Crippen LogP contribution in [0.25, 0.3) is 0 Å². The van der Waals surface area contributed by atoms with Gasteiger partial charge < -0.3 is 9.47 Å². The summed E-state index contributed by atoms with van der Waals surface area (Å²) in [6.07, 6.45) is 0.284. The second-order valence-corrected chi connectivity index (χ2v) is 4.74. The Morgan fingerprint density at radius 3 is 2.19 bits per heavy atom. The molecule has 0 radical (unpaired) electrons. The van der Waals surface area contributed by atoms with Gasteiger partial charge in [0.2, 0.25) is 0 Å². The number of rotatable bonds is 1. The Kier molecular flexibility index (Phi) is 3.31. The van der Waals surface area contributed by atoms with Gasteiger partial charge in [0.25, 0.3) is 0 Å². The molecule has 1 aromatic rings. The van der Waals surface area contributed by atoms with Crippen LogP contribution in [0.2, 0.25) is 0 Å². The molecule has 0 aliphatic carbocycles. The minimum Gasteiger partial charge on any atom is -0.350 e. The zero-order valence-corrected chi connectivity index (χ0v) is 10.4. The third kappa shape index (κ3) is 2.28. The summed E-state index contributed by atoms with van der Waals surface area (Å²) in [6, 6.07) is 8.58. The zero-order valence-electron chi connectivity index (χ0n) is 10.4. The van der Waals surface area contributed by atoms with Gasteiger partial charge >= 0.3 is 0 Å². The molecule has 2 rings (SSSR count). The van der Waals surface area contributed by atoms with Crippen LogP contribution >= 0.6 is 0 Å². The minimum absolute atomic E-state index is 0.113. The molecular weight excluding hydrogens is 200 g/mol. The highest BCUT2D eigenvalue weighted by atomic mass is 16.7. The van der Waals surface area contributed by atoms with Crippen molar-refractivity contribution in [2.24, 2.45) is 5.92 Å². The lowest BCUT2D eigenvalue weighted by molar-refractivity contribution is -0.256. The Hall–Kier alpha value is -0.860. The van der Waals surface area contributed by atoms with Gasteiger partial charge in [0.15, 0.2) is 6.29 Å². The van der Waals surface area contributed by atoms with Gasteiger partial charge in [0.05, 0.1) is 12.2 Å². The molecule has 0 unspecified atom stereocenters. The summed E-state index contributed by atoms with van der Waals surface area (Å²) in [5, 5.41) is 0. The van der Waals surface area contributed by atoms with Gasteiger partial charge in [-0.3, -0.25) is 0 Å². The summed E-state index contributed by atoms with van der Waals surface area (Å²) in [7, 11) is 0. The van der Waals surface area contributed by atoms with E-state index < -0.39 is 0 Å². The smallest absolute Gasteiger partial charge is 0.156 e. The fourth-order valence-electron chi connectivity index (χ4n) is 2.17. The van der Waals surface area contributed by atoms with Crippen molar-refractivity contribution in [2.45, 2.75) is 46.2 Å². The topological polar surface area (TPSA) is 18.5 Å². The number of hydrogen-bond acceptors (Lipinski definition) is 2. The second-order valence-electron chi connectivity index (χ2n) is 4.74. The summed E-state index contributed by atoms with van der Waals surface area (Å²) in [5.74, 6) is 0.388. The Balaban J connectivity index is 2.21. The third-order valence-corrected chi connectivity index (χ3v) is 3.37. The molecule has 2 nitrogen and oxygen atoms in total. The normalized spacial score (nSPS) is 35.0. The Labute approximate surface area is 97.6 Å². The minimum atomic E-state index is -0.113. The van der Waals surface area contributed by atoms with Crippen molar-refractivity contribution in [3.63, 3.8) is 0 Å². The van der Waals surface area contributed by atoms with Crippen molar-refractivity contribution in [1.29, 1.82) is 0 Å². The average Bonchev–Trinajstić information content (AvgIpc) is 2.25. The summed E-state index contributed by atoms with van der Waals surface area (Å²) in [4.78, 5) is 0. The summed E-state index contributed by atoms with van der Waals surface area (Å²) in [5.41, 5.74) is 2.53. The highest BCUT2D eigenvalue weighted by Gasteiger charge is 2.33. The van der Waals surface area contributed by atoms with E-state index >= 15 is 0 Å². The molecule has 0 N–H and O–H groups in total. The van der Waals surface area contributed by atoms with E-state index in [-0.39, 0.29) is 18.5 Å². The van der Waals surface area contributed by atoms with Crippen molar-refractivity contribution in [3.8, 4) is 0 Å². The molecule has 2 heteroatoms. The van der Waals surface area contributed by atoms with Crippen LogP contribution in [0.1, 0.15) is 38.0 Å². The maximum Gasteiger partial charge on any atom is 0.156 e. The predicted octanol–water partition coefficient (Wildman–Crippen LogP) is 3.45. The van der Waals surface area contributed by atoms with Gasteiger partial charge in [0, 0.05) is 5.92 Å². The number of benzene rings is 1. The number of aryl methyl sites for hydroxylation is 1. The van der Waals surface area contributed by atoms with Crippen molar-refractivity contribution in [2.75, 3.05) is 0 Å². The van der Waals surface area contributed by atoms with Crippen LogP contribution in [0.15, 0.2) is 24.3 Å². The molecule has 0 saturated carbocycles. The van der Waals surface area contributed by atoms with Gasteiger partial charge in [-0.2, -0.15) is 0 Å². The molecule has 0 spiro atoms. The first-order chi connectivity index (χ1) is 7.58. The van der Waals surface area contributed by atoms with Gasteiger partial charge in [-0.1, -0.05) is 36.8 Å². The molecule has 1 fully saturated rings. The lowest BCUT2D eigenvalue weighted by Gasteiger charge is -2.38. The molecule has 16 heavy (non-hydrogen) atoms. The number of hydrogen-bond donors (Lipinski definition) is 0. The molecule has 4 atom stereocenters. The van der Waals surface area contributed by atoms with Crippen molar-refractivity contribution in [1.82, 2.24) is 0 Å². The first-order valence-electron chi connectivity index (χ1n) is 5.95. The first-order valence-corrected chi connectivity index (χ1v) is 5.95.